The van der Waals surface area contributed by atoms with Crippen LogP contribution in [0.15, 0.2) is 36.5 Å². The molecule has 10 heteroatoms. The molecule has 0 saturated heterocycles. The fraction of sp³-hybridized carbons (Fsp3) is 0.381. The number of benzene rings is 1. The number of fused-ring (bicyclic) bond motifs is 4. The lowest BCUT2D eigenvalue weighted by atomic mass is 9.80. The zero-order valence-corrected chi connectivity index (χ0v) is 17.8. The van der Waals surface area contributed by atoms with Crippen LogP contribution in [0.25, 0.3) is 11.0 Å². The van der Waals surface area contributed by atoms with Crippen LogP contribution >= 0.6 is 0 Å². The molecule has 31 heavy (non-hydrogen) atoms. The molecule has 2 aromatic heterocycles. The second kappa shape index (κ2) is 7.31. The van der Waals surface area contributed by atoms with Gasteiger partial charge in [-0.25, -0.2) is 18.5 Å². The lowest BCUT2D eigenvalue weighted by molar-refractivity contribution is 0.0833. The predicted molar refractivity (Wildman–Crippen MR) is 117 cm³/mol. The first-order valence-corrected chi connectivity index (χ1v) is 12.1. The van der Waals surface area contributed by atoms with Crippen LogP contribution in [0.5, 0.6) is 0 Å². The van der Waals surface area contributed by atoms with Crippen molar-refractivity contribution in [3.8, 4) is 0 Å². The quantitative estimate of drug-likeness (QED) is 0.571. The minimum Gasteiger partial charge on any atom is -0.348 e. The molecular weight excluding hydrogens is 416 g/mol. The summed E-state index contributed by atoms with van der Waals surface area (Å²) in [6, 6.07) is 8.83. The van der Waals surface area contributed by atoms with E-state index >= 15 is 0 Å². The van der Waals surface area contributed by atoms with Crippen LogP contribution in [0.1, 0.15) is 48.2 Å². The van der Waals surface area contributed by atoms with E-state index in [9.17, 15) is 13.2 Å². The number of sulfonamides is 1. The van der Waals surface area contributed by atoms with Gasteiger partial charge in [0, 0.05) is 23.8 Å². The summed E-state index contributed by atoms with van der Waals surface area (Å²) in [5, 5.41) is 12.2. The number of anilines is 2. The van der Waals surface area contributed by atoms with Crippen molar-refractivity contribution in [1.29, 1.82) is 0 Å². The van der Waals surface area contributed by atoms with Crippen LogP contribution in [-0.2, 0) is 21.3 Å². The van der Waals surface area contributed by atoms with Crippen molar-refractivity contribution < 1.29 is 13.2 Å². The van der Waals surface area contributed by atoms with Crippen molar-refractivity contribution in [3.05, 3.63) is 47.8 Å². The Hall–Kier alpha value is -2.98. The van der Waals surface area contributed by atoms with E-state index in [1.54, 1.807) is 24.4 Å². The second-order valence-corrected chi connectivity index (χ2v) is 10.1. The molecule has 1 fully saturated rings. The number of rotatable bonds is 4. The molecule has 2 aliphatic rings. The molecule has 3 heterocycles. The van der Waals surface area contributed by atoms with E-state index in [2.05, 4.69) is 20.2 Å². The van der Waals surface area contributed by atoms with Crippen LogP contribution in [0, 0.1) is 0 Å². The number of nitrogens with zero attached hydrogens (tertiary/aromatic N) is 3. The molecule has 1 spiro atoms. The molecule has 5 rings (SSSR count). The Labute approximate surface area is 180 Å². The number of hydrogen-bond acceptors (Lipinski definition) is 6. The Morgan fingerprint density at radius 1 is 1.19 bits per heavy atom. The van der Waals surface area contributed by atoms with Gasteiger partial charge in [0.25, 0.3) is 5.91 Å². The molecule has 1 saturated carbocycles. The van der Waals surface area contributed by atoms with Gasteiger partial charge in [-0.3, -0.25) is 4.79 Å². The molecule has 1 aliphatic heterocycles. The summed E-state index contributed by atoms with van der Waals surface area (Å²) in [4.78, 5) is 21.7. The first-order chi connectivity index (χ1) is 14.8. The van der Waals surface area contributed by atoms with Gasteiger partial charge >= 0.3 is 0 Å². The maximum Gasteiger partial charge on any atom is 0.268 e. The highest BCUT2D eigenvalue weighted by molar-refractivity contribution is 7.88. The zero-order chi connectivity index (χ0) is 21.6. The van der Waals surface area contributed by atoms with E-state index in [0.29, 0.717) is 29.4 Å². The van der Waals surface area contributed by atoms with Gasteiger partial charge in [0.05, 0.1) is 11.3 Å². The predicted octanol–water partition coefficient (Wildman–Crippen LogP) is 2.37. The number of carbonyl (C=O) groups excluding carboxylic acids is 1. The van der Waals surface area contributed by atoms with E-state index in [-0.39, 0.29) is 17.2 Å². The van der Waals surface area contributed by atoms with E-state index in [0.717, 1.165) is 36.7 Å². The molecule has 4 N–H and O–H groups in total. The van der Waals surface area contributed by atoms with Crippen molar-refractivity contribution in [3.63, 3.8) is 0 Å². The summed E-state index contributed by atoms with van der Waals surface area (Å²) in [5.74, 6) is 0.0594. The van der Waals surface area contributed by atoms with Gasteiger partial charge < -0.3 is 15.2 Å². The standard InChI is InChI=1S/C21H24N6O3S/c22-31(29,30)12-14-5-4-6-16(9-14)25-20-23-11-15-10-17-19(28)24-13-21(7-2-1-3-8-21)27(17)18(15)26-20/h4-6,9-11H,1-3,7-8,12-13H2,(H,24,28)(H2,22,29,30)(H,23,25,26). The van der Waals surface area contributed by atoms with E-state index in [1.165, 1.54) is 6.42 Å². The molecule has 3 aromatic rings. The summed E-state index contributed by atoms with van der Waals surface area (Å²) >= 11 is 0. The molecule has 0 radical (unpaired) electrons. The molecule has 0 bridgehead atoms. The topological polar surface area (TPSA) is 132 Å². The van der Waals surface area contributed by atoms with Crippen molar-refractivity contribution in [2.24, 2.45) is 5.14 Å². The van der Waals surface area contributed by atoms with E-state index < -0.39 is 10.0 Å². The summed E-state index contributed by atoms with van der Waals surface area (Å²) in [6.07, 6.45) is 7.19. The van der Waals surface area contributed by atoms with Crippen molar-refractivity contribution in [2.75, 3.05) is 11.9 Å². The molecule has 1 aliphatic carbocycles. The monoisotopic (exact) mass is 440 g/mol. The van der Waals surface area contributed by atoms with Gasteiger partial charge in [0.1, 0.15) is 11.3 Å². The van der Waals surface area contributed by atoms with Crippen LogP contribution in [0.4, 0.5) is 11.6 Å². The first-order valence-electron chi connectivity index (χ1n) is 10.4. The minimum absolute atomic E-state index is 0.0839. The molecule has 9 nitrogen and oxygen atoms in total. The average Bonchev–Trinajstić information content (AvgIpc) is 3.11. The van der Waals surface area contributed by atoms with Gasteiger partial charge in [0.2, 0.25) is 16.0 Å². The molecule has 0 unspecified atom stereocenters. The number of carbonyl (C=O) groups is 1. The van der Waals surface area contributed by atoms with Gasteiger partial charge in [-0.1, -0.05) is 31.4 Å². The maximum atomic E-state index is 12.6. The fourth-order valence-corrected chi connectivity index (χ4v) is 5.47. The number of primary sulfonamides is 1. The highest BCUT2D eigenvalue weighted by atomic mass is 32.2. The SMILES string of the molecule is NS(=O)(=O)Cc1cccc(Nc2ncc3cc4n(c3n2)C2(CCCCC2)CNC4=O)c1. The summed E-state index contributed by atoms with van der Waals surface area (Å²) < 4.78 is 24.9. The fourth-order valence-electron chi connectivity index (χ4n) is 4.82. The third-order valence-electron chi connectivity index (χ3n) is 6.16. The Balaban J connectivity index is 1.53. The maximum absolute atomic E-state index is 12.6. The number of nitrogens with one attached hydrogen (secondary N) is 2. The third-order valence-corrected chi connectivity index (χ3v) is 6.90. The lowest BCUT2D eigenvalue weighted by Crippen LogP contribution is -2.52. The Bertz CT molecular complexity index is 1280. The molecule has 1 amide bonds. The van der Waals surface area contributed by atoms with Gasteiger partial charge in [-0.2, -0.15) is 4.98 Å². The van der Waals surface area contributed by atoms with Gasteiger partial charge in [-0.05, 0) is 36.6 Å². The van der Waals surface area contributed by atoms with Crippen molar-refractivity contribution in [1.82, 2.24) is 19.9 Å². The summed E-state index contributed by atoms with van der Waals surface area (Å²) in [6.45, 7) is 0.616. The number of nitrogens with two attached hydrogens (primary N) is 1. The normalized spacial score (nSPS) is 18.0. The molecule has 1 aromatic carbocycles. The highest BCUT2D eigenvalue weighted by Crippen LogP contribution is 2.40. The molecular formula is C21H24N6O3S. The zero-order valence-electron chi connectivity index (χ0n) is 17.0. The molecule has 0 atom stereocenters. The van der Waals surface area contributed by atoms with Crippen LogP contribution in [0.3, 0.4) is 0 Å². The van der Waals surface area contributed by atoms with Crippen molar-refractivity contribution in [2.45, 2.75) is 43.4 Å². The smallest absolute Gasteiger partial charge is 0.268 e. The third kappa shape index (κ3) is 3.77. The second-order valence-electron chi connectivity index (χ2n) is 8.44. The Morgan fingerprint density at radius 2 is 2.00 bits per heavy atom. The number of aromatic nitrogens is 3. The average molecular weight is 441 g/mol. The number of amides is 1. The van der Waals surface area contributed by atoms with E-state index in [4.69, 9.17) is 10.1 Å². The Kier molecular flexibility index (Phi) is 4.71. The van der Waals surface area contributed by atoms with Gasteiger partial charge in [-0.15, -0.1) is 0 Å². The van der Waals surface area contributed by atoms with Gasteiger partial charge in [0.15, 0.2) is 0 Å². The minimum atomic E-state index is -3.62. The first kappa shape index (κ1) is 20.0. The highest BCUT2D eigenvalue weighted by Gasteiger charge is 2.41. The van der Waals surface area contributed by atoms with Crippen LogP contribution in [-0.4, -0.2) is 35.4 Å². The number of hydrogen-bond donors (Lipinski definition) is 3. The van der Waals surface area contributed by atoms with Crippen LogP contribution in [0.2, 0.25) is 0 Å². The summed E-state index contributed by atoms with van der Waals surface area (Å²) in [7, 11) is -3.62. The lowest BCUT2D eigenvalue weighted by Gasteiger charge is -2.42. The molecule has 162 valence electrons. The Morgan fingerprint density at radius 3 is 2.77 bits per heavy atom. The largest absolute Gasteiger partial charge is 0.348 e. The summed E-state index contributed by atoms with van der Waals surface area (Å²) in [5.41, 5.74) is 2.46. The van der Waals surface area contributed by atoms with E-state index in [1.807, 2.05) is 12.1 Å². The van der Waals surface area contributed by atoms with Crippen LogP contribution < -0.4 is 15.8 Å². The van der Waals surface area contributed by atoms with Crippen molar-refractivity contribution >= 4 is 38.6 Å².